The number of rotatable bonds is 2. The summed E-state index contributed by atoms with van der Waals surface area (Å²) in [6.45, 7) is 6.72. The summed E-state index contributed by atoms with van der Waals surface area (Å²) in [4.78, 5) is 16.8. The van der Waals surface area contributed by atoms with E-state index < -0.39 is 0 Å². The van der Waals surface area contributed by atoms with E-state index in [1.54, 1.807) is 0 Å². The summed E-state index contributed by atoms with van der Waals surface area (Å²) in [5, 5.41) is 3.05. The minimum Gasteiger partial charge on any atom is -0.364 e. The second-order valence-corrected chi connectivity index (χ2v) is 6.88. The zero-order chi connectivity index (χ0) is 16.7. The number of hydrogen-bond donors (Lipinski definition) is 1. The highest BCUT2D eigenvalue weighted by molar-refractivity contribution is 5.91. The van der Waals surface area contributed by atoms with E-state index in [0.717, 1.165) is 42.9 Å². The van der Waals surface area contributed by atoms with Crippen LogP contribution in [0.4, 0.5) is 16.2 Å². The average Bonchev–Trinajstić information content (AvgIpc) is 2.94. The molecule has 0 unspecified atom stereocenters. The van der Waals surface area contributed by atoms with E-state index in [2.05, 4.69) is 40.5 Å². The monoisotopic (exact) mass is 321 g/mol. The third-order valence-electron chi connectivity index (χ3n) is 5.15. The van der Waals surface area contributed by atoms with Crippen LogP contribution in [0.5, 0.6) is 0 Å². The molecule has 2 aromatic rings. The van der Waals surface area contributed by atoms with Crippen molar-refractivity contribution in [2.24, 2.45) is 0 Å². The van der Waals surface area contributed by atoms with Crippen molar-refractivity contribution in [1.29, 1.82) is 0 Å². The molecule has 2 aliphatic rings. The van der Waals surface area contributed by atoms with Crippen LogP contribution >= 0.6 is 0 Å². The molecule has 4 heteroatoms. The first-order valence-electron chi connectivity index (χ1n) is 8.59. The lowest BCUT2D eigenvalue weighted by molar-refractivity contribution is 0.162. The molecule has 0 spiro atoms. The molecule has 0 aromatic heterocycles. The highest BCUT2D eigenvalue weighted by Crippen LogP contribution is 2.32. The third-order valence-corrected chi connectivity index (χ3v) is 5.15. The number of nitrogens with one attached hydrogen (secondary N) is 1. The van der Waals surface area contributed by atoms with Gasteiger partial charge in [-0.05, 0) is 49.1 Å². The van der Waals surface area contributed by atoms with Crippen molar-refractivity contribution in [1.82, 2.24) is 4.90 Å². The Morgan fingerprint density at radius 3 is 2.75 bits per heavy atom. The van der Waals surface area contributed by atoms with Crippen LogP contribution in [-0.2, 0) is 6.42 Å². The molecule has 2 aromatic carbocycles. The van der Waals surface area contributed by atoms with Gasteiger partial charge in [-0.15, -0.1) is 0 Å². The molecule has 1 saturated heterocycles. The summed E-state index contributed by atoms with van der Waals surface area (Å²) in [5.41, 5.74) is 5.94. The molecule has 2 amide bonds. The van der Waals surface area contributed by atoms with Crippen LogP contribution in [0.1, 0.15) is 16.7 Å². The number of carbonyl (C=O) groups excluding carboxylic acids is 1. The molecule has 1 fully saturated rings. The standard InChI is InChI=1S/C20H23N3O/c1-14-7-8-15(2)18(11-14)21-20(24)22-12-17(13-22)23-10-9-16-5-3-4-6-19(16)23/h3-8,11,17H,9-10,12-13H2,1-2H3,(H,21,24). The van der Waals surface area contributed by atoms with Gasteiger partial charge in [0, 0.05) is 31.0 Å². The van der Waals surface area contributed by atoms with Crippen molar-refractivity contribution < 1.29 is 4.79 Å². The van der Waals surface area contributed by atoms with Gasteiger partial charge in [0.1, 0.15) is 0 Å². The zero-order valence-corrected chi connectivity index (χ0v) is 14.2. The molecule has 4 nitrogen and oxygen atoms in total. The molecule has 0 bridgehead atoms. The van der Waals surface area contributed by atoms with Gasteiger partial charge >= 0.3 is 6.03 Å². The van der Waals surface area contributed by atoms with Crippen LogP contribution in [0.15, 0.2) is 42.5 Å². The van der Waals surface area contributed by atoms with Crippen molar-refractivity contribution in [3.63, 3.8) is 0 Å². The molecule has 24 heavy (non-hydrogen) atoms. The molecule has 4 rings (SSSR count). The maximum absolute atomic E-state index is 12.5. The van der Waals surface area contributed by atoms with Crippen LogP contribution < -0.4 is 10.2 Å². The summed E-state index contributed by atoms with van der Waals surface area (Å²) in [7, 11) is 0. The number of aryl methyl sites for hydroxylation is 2. The van der Waals surface area contributed by atoms with Gasteiger partial charge in [-0.1, -0.05) is 30.3 Å². The lowest BCUT2D eigenvalue weighted by atomic mass is 10.1. The Hall–Kier alpha value is -2.49. The van der Waals surface area contributed by atoms with Crippen LogP contribution in [0, 0.1) is 13.8 Å². The lowest BCUT2D eigenvalue weighted by Gasteiger charge is -2.45. The highest BCUT2D eigenvalue weighted by atomic mass is 16.2. The predicted molar refractivity (Wildman–Crippen MR) is 97.8 cm³/mol. The number of para-hydroxylation sites is 1. The molecular weight excluding hydrogens is 298 g/mol. The topological polar surface area (TPSA) is 35.6 Å². The fourth-order valence-electron chi connectivity index (χ4n) is 3.63. The highest BCUT2D eigenvalue weighted by Gasteiger charge is 2.37. The molecule has 124 valence electrons. The summed E-state index contributed by atoms with van der Waals surface area (Å²) in [6.07, 6.45) is 1.11. The maximum atomic E-state index is 12.5. The Labute approximate surface area is 143 Å². The number of fused-ring (bicyclic) bond motifs is 1. The molecule has 0 saturated carbocycles. The SMILES string of the molecule is Cc1ccc(C)c(NC(=O)N2CC(N3CCc4ccccc43)C2)c1. The Morgan fingerprint density at radius 2 is 1.92 bits per heavy atom. The number of carbonyl (C=O) groups is 1. The van der Waals surface area contributed by atoms with E-state index in [1.807, 2.05) is 30.9 Å². The van der Waals surface area contributed by atoms with E-state index in [1.165, 1.54) is 11.3 Å². The largest absolute Gasteiger partial charge is 0.364 e. The van der Waals surface area contributed by atoms with Crippen LogP contribution in [0.3, 0.4) is 0 Å². The number of nitrogens with zero attached hydrogens (tertiary/aromatic N) is 2. The number of hydrogen-bond acceptors (Lipinski definition) is 2. The van der Waals surface area contributed by atoms with Gasteiger partial charge in [-0.2, -0.15) is 0 Å². The van der Waals surface area contributed by atoms with Crippen molar-refractivity contribution in [2.45, 2.75) is 26.3 Å². The number of urea groups is 1. The smallest absolute Gasteiger partial charge is 0.321 e. The second kappa shape index (κ2) is 5.86. The van der Waals surface area contributed by atoms with E-state index in [4.69, 9.17) is 0 Å². The first kappa shape index (κ1) is 15.1. The van der Waals surface area contributed by atoms with Crippen molar-refractivity contribution in [3.8, 4) is 0 Å². The van der Waals surface area contributed by atoms with Gasteiger partial charge in [0.05, 0.1) is 6.04 Å². The zero-order valence-electron chi connectivity index (χ0n) is 14.2. The Bertz CT molecular complexity index is 780. The Morgan fingerprint density at radius 1 is 1.12 bits per heavy atom. The van der Waals surface area contributed by atoms with Gasteiger partial charge in [0.15, 0.2) is 0 Å². The Kier molecular flexibility index (Phi) is 3.68. The number of benzene rings is 2. The van der Waals surface area contributed by atoms with E-state index in [9.17, 15) is 4.79 Å². The first-order valence-corrected chi connectivity index (χ1v) is 8.59. The van der Waals surface area contributed by atoms with Crippen molar-refractivity contribution >= 4 is 17.4 Å². The third kappa shape index (κ3) is 2.62. The quantitative estimate of drug-likeness (QED) is 0.917. The van der Waals surface area contributed by atoms with Crippen molar-refractivity contribution in [3.05, 3.63) is 59.2 Å². The minimum atomic E-state index is 0.00688. The minimum absolute atomic E-state index is 0.00688. The molecule has 0 aliphatic carbocycles. The fraction of sp³-hybridized carbons (Fsp3) is 0.350. The summed E-state index contributed by atoms with van der Waals surface area (Å²) >= 11 is 0. The van der Waals surface area contributed by atoms with E-state index >= 15 is 0 Å². The summed E-state index contributed by atoms with van der Waals surface area (Å²) in [5.74, 6) is 0. The van der Waals surface area contributed by atoms with Crippen molar-refractivity contribution in [2.75, 3.05) is 29.9 Å². The normalized spacial score (nSPS) is 16.8. The second-order valence-electron chi connectivity index (χ2n) is 6.88. The predicted octanol–water partition coefficient (Wildman–Crippen LogP) is 3.58. The Balaban J connectivity index is 1.38. The molecule has 1 N–H and O–H groups in total. The molecule has 2 heterocycles. The summed E-state index contributed by atoms with van der Waals surface area (Å²) < 4.78 is 0. The average molecular weight is 321 g/mol. The maximum Gasteiger partial charge on any atom is 0.321 e. The fourth-order valence-corrected chi connectivity index (χ4v) is 3.63. The van der Waals surface area contributed by atoms with Gasteiger partial charge in [0.25, 0.3) is 0 Å². The molecular formula is C20H23N3O. The van der Waals surface area contributed by atoms with Gasteiger partial charge in [-0.3, -0.25) is 0 Å². The van der Waals surface area contributed by atoms with Gasteiger partial charge in [-0.25, -0.2) is 4.79 Å². The summed E-state index contributed by atoms with van der Waals surface area (Å²) in [6, 6.07) is 15.2. The van der Waals surface area contributed by atoms with Crippen LogP contribution in [0.2, 0.25) is 0 Å². The lowest BCUT2D eigenvalue weighted by Crippen LogP contribution is -2.61. The van der Waals surface area contributed by atoms with E-state index in [0.29, 0.717) is 6.04 Å². The number of anilines is 2. The number of likely N-dealkylation sites (tertiary alicyclic amines) is 1. The van der Waals surface area contributed by atoms with Crippen LogP contribution in [-0.4, -0.2) is 36.6 Å². The molecule has 2 aliphatic heterocycles. The van der Waals surface area contributed by atoms with E-state index in [-0.39, 0.29) is 6.03 Å². The molecule has 0 atom stereocenters. The molecule has 0 radical (unpaired) electrons. The van der Waals surface area contributed by atoms with Gasteiger partial charge in [0.2, 0.25) is 0 Å². The number of amides is 2. The van der Waals surface area contributed by atoms with Gasteiger partial charge < -0.3 is 15.1 Å². The first-order chi connectivity index (χ1) is 11.6. The van der Waals surface area contributed by atoms with Crippen LogP contribution in [0.25, 0.3) is 0 Å².